The number of ether oxygens (including phenoxy) is 1. The van der Waals surface area contributed by atoms with E-state index in [2.05, 4.69) is 10.4 Å². The summed E-state index contributed by atoms with van der Waals surface area (Å²) in [5, 5.41) is 6.26. The molecule has 1 fully saturated rings. The molecule has 140 valence electrons. The third-order valence-corrected chi connectivity index (χ3v) is 5.37. The van der Waals surface area contributed by atoms with Crippen LogP contribution < -0.4 is 5.32 Å². The molecular formula is C16H16F3N3O3S. The molecule has 1 saturated carbocycles. The Balaban J connectivity index is 1.72. The van der Waals surface area contributed by atoms with Crippen molar-refractivity contribution in [3.63, 3.8) is 0 Å². The van der Waals surface area contributed by atoms with Gasteiger partial charge in [0, 0.05) is 11.1 Å². The minimum absolute atomic E-state index is 0.254. The molecule has 26 heavy (non-hydrogen) atoms. The normalized spacial score (nSPS) is 14.8. The van der Waals surface area contributed by atoms with E-state index in [1.807, 2.05) is 0 Å². The highest BCUT2D eigenvalue weighted by Gasteiger charge is 2.33. The Labute approximate surface area is 150 Å². The van der Waals surface area contributed by atoms with Crippen molar-refractivity contribution in [2.45, 2.75) is 37.9 Å². The number of methoxy groups -OCH3 is 1. The minimum atomic E-state index is -4.56. The van der Waals surface area contributed by atoms with Gasteiger partial charge in [0.2, 0.25) is 5.91 Å². The number of hydrogen-bond donors (Lipinski definition) is 1. The second-order valence-corrected chi connectivity index (χ2v) is 7.04. The van der Waals surface area contributed by atoms with E-state index < -0.39 is 30.3 Å². The van der Waals surface area contributed by atoms with Crippen LogP contribution in [0.1, 0.15) is 46.1 Å². The van der Waals surface area contributed by atoms with Gasteiger partial charge in [-0.2, -0.15) is 18.3 Å². The number of hydrogen-bond acceptors (Lipinski definition) is 5. The molecule has 0 unspecified atom stereocenters. The minimum Gasteiger partial charge on any atom is -0.465 e. The zero-order valence-corrected chi connectivity index (χ0v) is 14.6. The van der Waals surface area contributed by atoms with Crippen LogP contribution in [-0.2, 0) is 22.3 Å². The smallest absolute Gasteiger partial charge is 0.435 e. The van der Waals surface area contributed by atoms with Crippen LogP contribution >= 0.6 is 11.3 Å². The van der Waals surface area contributed by atoms with Crippen molar-refractivity contribution in [1.29, 1.82) is 0 Å². The maximum atomic E-state index is 12.6. The first kappa shape index (κ1) is 18.4. The van der Waals surface area contributed by atoms with Crippen molar-refractivity contribution in [3.05, 3.63) is 34.5 Å². The number of alkyl halides is 3. The second-order valence-electron chi connectivity index (χ2n) is 5.96. The zero-order chi connectivity index (χ0) is 18.9. The number of carbonyl (C=O) groups excluding carboxylic acids is 2. The Morgan fingerprint density at radius 1 is 1.42 bits per heavy atom. The van der Waals surface area contributed by atoms with E-state index in [0.29, 0.717) is 10.9 Å². The van der Waals surface area contributed by atoms with E-state index in [0.717, 1.165) is 41.1 Å². The van der Waals surface area contributed by atoms with Crippen molar-refractivity contribution >= 4 is 28.2 Å². The van der Waals surface area contributed by atoms with E-state index in [4.69, 9.17) is 4.74 Å². The topological polar surface area (TPSA) is 73.2 Å². The molecule has 2 aromatic heterocycles. The molecule has 2 aromatic rings. The Morgan fingerprint density at radius 2 is 2.15 bits per heavy atom. The van der Waals surface area contributed by atoms with Crippen molar-refractivity contribution in [2.24, 2.45) is 0 Å². The van der Waals surface area contributed by atoms with Gasteiger partial charge >= 0.3 is 12.1 Å². The average molecular weight is 387 g/mol. The van der Waals surface area contributed by atoms with Gasteiger partial charge in [0.1, 0.15) is 11.5 Å². The Hall–Kier alpha value is -2.36. The summed E-state index contributed by atoms with van der Waals surface area (Å²) in [5.41, 5.74) is -0.812. The lowest BCUT2D eigenvalue weighted by Gasteiger charge is -2.23. The maximum Gasteiger partial charge on any atom is 0.435 e. The summed E-state index contributed by atoms with van der Waals surface area (Å²) >= 11 is 1.29. The number of thiophene rings is 1. The summed E-state index contributed by atoms with van der Waals surface area (Å²) < 4.78 is 43.3. The lowest BCUT2D eigenvalue weighted by atomic mass is 9.84. The van der Waals surface area contributed by atoms with Crippen molar-refractivity contribution in [2.75, 3.05) is 12.4 Å². The molecule has 1 aliphatic carbocycles. The van der Waals surface area contributed by atoms with E-state index >= 15 is 0 Å². The zero-order valence-electron chi connectivity index (χ0n) is 13.8. The van der Waals surface area contributed by atoms with Crippen molar-refractivity contribution in [3.8, 4) is 0 Å². The molecule has 0 saturated heterocycles. The van der Waals surface area contributed by atoms with Crippen LogP contribution in [0.15, 0.2) is 18.3 Å². The lowest BCUT2D eigenvalue weighted by molar-refractivity contribution is -0.141. The predicted octanol–water partition coefficient (Wildman–Crippen LogP) is 3.66. The summed E-state index contributed by atoms with van der Waals surface area (Å²) in [6.45, 7) is -0.395. The molecule has 0 bridgehead atoms. The van der Waals surface area contributed by atoms with Crippen LogP contribution in [-0.4, -0.2) is 28.8 Å². The number of aromatic nitrogens is 2. The fraction of sp³-hybridized carbons (Fsp3) is 0.438. The average Bonchev–Trinajstić information content (AvgIpc) is 3.12. The number of nitrogens with zero attached hydrogens (tertiary/aromatic N) is 2. The third-order valence-electron chi connectivity index (χ3n) is 4.15. The maximum absolute atomic E-state index is 12.6. The van der Waals surface area contributed by atoms with Gasteiger partial charge in [-0.1, -0.05) is 6.42 Å². The van der Waals surface area contributed by atoms with Crippen LogP contribution in [0.5, 0.6) is 0 Å². The number of anilines is 1. The van der Waals surface area contributed by atoms with Crippen LogP contribution in [0.4, 0.5) is 18.2 Å². The molecule has 0 radical (unpaired) electrons. The fourth-order valence-corrected chi connectivity index (χ4v) is 3.80. The summed E-state index contributed by atoms with van der Waals surface area (Å²) in [5.74, 6) is -0.774. The van der Waals surface area contributed by atoms with E-state index in [1.165, 1.54) is 18.4 Å². The van der Waals surface area contributed by atoms with Gasteiger partial charge < -0.3 is 10.1 Å². The lowest BCUT2D eigenvalue weighted by Crippen LogP contribution is -2.20. The number of rotatable bonds is 5. The monoisotopic (exact) mass is 387 g/mol. The van der Waals surface area contributed by atoms with Gasteiger partial charge in [0.15, 0.2) is 5.69 Å². The largest absolute Gasteiger partial charge is 0.465 e. The highest BCUT2D eigenvalue weighted by Crippen LogP contribution is 2.43. The molecule has 0 aliphatic heterocycles. The van der Waals surface area contributed by atoms with Crippen LogP contribution in [0.25, 0.3) is 0 Å². The highest BCUT2D eigenvalue weighted by molar-refractivity contribution is 7.16. The molecule has 3 rings (SSSR count). The first-order chi connectivity index (χ1) is 12.3. The standard InChI is InChI=1S/C16H16F3N3O3S/c1-25-15(24)10-7-11(9-3-2-4-9)26-14(10)20-13(23)8-22-6-5-12(21-22)16(17,18)19/h5-7,9H,2-4,8H2,1H3,(H,20,23). The Morgan fingerprint density at radius 3 is 2.69 bits per heavy atom. The van der Waals surface area contributed by atoms with E-state index in [1.54, 1.807) is 6.07 Å². The van der Waals surface area contributed by atoms with Crippen molar-refractivity contribution < 1.29 is 27.5 Å². The number of nitrogens with one attached hydrogen (secondary N) is 1. The molecule has 6 nitrogen and oxygen atoms in total. The van der Waals surface area contributed by atoms with Gasteiger partial charge in [-0.3, -0.25) is 9.48 Å². The van der Waals surface area contributed by atoms with Gasteiger partial charge in [-0.15, -0.1) is 11.3 Å². The number of esters is 1. The summed E-state index contributed by atoms with van der Waals surface area (Å²) in [6.07, 6.45) is -0.300. The second kappa shape index (κ2) is 7.10. The summed E-state index contributed by atoms with van der Waals surface area (Å²) in [4.78, 5) is 25.1. The van der Waals surface area contributed by atoms with Gasteiger partial charge in [-0.25, -0.2) is 4.79 Å². The van der Waals surface area contributed by atoms with E-state index in [9.17, 15) is 22.8 Å². The molecule has 1 aliphatic rings. The number of halogens is 3. The van der Waals surface area contributed by atoms with Crippen LogP contribution in [0, 0.1) is 0 Å². The van der Waals surface area contributed by atoms with Crippen molar-refractivity contribution in [1.82, 2.24) is 9.78 Å². The van der Waals surface area contributed by atoms with Crippen LogP contribution in [0.3, 0.4) is 0 Å². The summed E-state index contributed by atoms with van der Waals surface area (Å²) in [7, 11) is 1.25. The molecule has 0 aromatic carbocycles. The van der Waals surface area contributed by atoms with E-state index in [-0.39, 0.29) is 5.56 Å². The molecule has 2 heterocycles. The molecule has 0 atom stereocenters. The third kappa shape index (κ3) is 3.90. The Kier molecular flexibility index (Phi) is 5.03. The first-order valence-corrected chi connectivity index (χ1v) is 8.72. The predicted molar refractivity (Wildman–Crippen MR) is 88.1 cm³/mol. The Bertz CT molecular complexity index is 824. The molecule has 1 amide bonds. The fourth-order valence-electron chi connectivity index (χ4n) is 2.57. The summed E-state index contributed by atoms with van der Waals surface area (Å²) in [6, 6.07) is 2.51. The number of amides is 1. The number of carbonyl (C=O) groups is 2. The van der Waals surface area contributed by atoms with Gasteiger partial charge in [0.25, 0.3) is 0 Å². The quantitative estimate of drug-likeness (QED) is 0.795. The van der Waals surface area contributed by atoms with Crippen LogP contribution in [0.2, 0.25) is 0 Å². The van der Waals surface area contributed by atoms with Gasteiger partial charge in [0.05, 0.1) is 12.7 Å². The first-order valence-electron chi connectivity index (χ1n) is 7.90. The highest BCUT2D eigenvalue weighted by atomic mass is 32.1. The van der Waals surface area contributed by atoms with Gasteiger partial charge in [-0.05, 0) is 30.9 Å². The molecule has 1 N–H and O–H groups in total. The molecular weight excluding hydrogens is 371 g/mol. The SMILES string of the molecule is COC(=O)c1cc(C2CCC2)sc1NC(=O)Cn1ccc(C(F)(F)F)n1. The molecule has 10 heteroatoms. The molecule has 0 spiro atoms.